The van der Waals surface area contributed by atoms with Crippen molar-refractivity contribution in [1.29, 1.82) is 0 Å². The summed E-state index contributed by atoms with van der Waals surface area (Å²) in [5.41, 5.74) is 0. The maximum absolute atomic E-state index is 3.99. The van der Waals surface area contributed by atoms with Crippen molar-refractivity contribution in [2.75, 3.05) is 0 Å². The molecule has 1 atom stereocenters. The van der Waals surface area contributed by atoms with E-state index in [9.17, 15) is 0 Å². The second kappa shape index (κ2) is 25.6. The van der Waals surface area contributed by atoms with Crippen molar-refractivity contribution in [3.63, 3.8) is 0 Å². The number of hydrogen-bond acceptors (Lipinski definition) is 0. The van der Waals surface area contributed by atoms with Crippen molar-refractivity contribution < 1.29 is 0 Å². The van der Waals surface area contributed by atoms with E-state index < -0.39 is 0 Å². The highest BCUT2D eigenvalue weighted by molar-refractivity contribution is 4.98. The van der Waals surface area contributed by atoms with Gasteiger partial charge < -0.3 is 0 Å². The molecule has 1 unspecified atom stereocenters. The summed E-state index contributed by atoms with van der Waals surface area (Å²) in [4.78, 5) is 0. The molecule has 0 fully saturated rings. The highest BCUT2D eigenvalue weighted by atomic mass is 14.1. The molecule has 0 spiro atoms. The minimum Gasteiger partial charge on any atom is -0.103 e. The molecule has 0 aromatic rings. The van der Waals surface area contributed by atoms with Crippen molar-refractivity contribution >= 4 is 0 Å². The van der Waals surface area contributed by atoms with Crippen LogP contribution in [-0.2, 0) is 0 Å². The van der Waals surface area contributed by atoms with Gasteiger partial charge in [-0.1, -0.05) is 143 Å². The minimum absolute atomic E-state index is 1.00. The van der Waals surface area contributed by atoms with Gasteiger partial charge in [0.1, 0.15) is 0 Å². The van der Waals surface area contributed by atoms with Gasteiger partial charge in [-0.15, -0.1) is 11.8 Å². The number of hydrogen-bond donors (Lipinski definition) is 0. The van der Waals surface area contributed by atoms with Crippen molar-refractivity contribution in [3.05, 3.63) is 13.8 Å². The Morgan fingerprint density at radius 2 is 0.897 bits per heavy atom. The van der Waals surface area contributed by atoms with Crippen LogP contribution in [0, 0.1) is 31.6 Å². The molecule has 0 aliphatic rings. The van der Waals surface area contributed by atoms with Crippen LogP contribution in [0.1, 0.15) is 155 Å². The smallest absolute Gasteiger partial charge is 0.00886 e. The summed E-state index contributed by atoms with van der Waals surface area (Å²) < 4.78 is 0. The van der Waals surface area contributed by atoms with Crippen LogP contribution in [0.2, 0.25) is 0 Å². The van der Waals surface area contributed by atoms with E-state index in [0.29, 0.717) is 0 Å². The van der Waals surface area contributed by atoms with Gasteiger partial charge in [0.05, 0.1) is 0 Å². The first kappa shape index (κ1) is 28.6. The van der Waals surface area contributed by atoms with Crippen LogP contribution >= 0.6 is 0 Å². The van der Waals surface area contributed by atoms with Crippen LogP contribution in [0.15, 0.2) is 0 Å². The number of unbranched alkanes of at least 4 members (excludes halogenated alkanes) is 16. The zero-order valence-electron chi connectivity index (χ0n) is 20.3. The van der Waals surface area contributed by atoms with Gasteiger partial charge in [-0.25, -0.2) is 0 Å². The number of rotatable bonds is 22. The largest absolute Gasteiger partial charge is 0.103 e. The van der Waals surface area contributed by atoms with E-state index in [-0.39, 0.29) is 0 Å². The Kier molecular flexibility index (Phi) is 25.2. The average molecular weight is 403 g/mol. The van der Waals surface area contributed by atoms with E-state index in [1.807, 2.05) is 0 Å². The fraction of sp³-hybridized carbons (Fsp3) is 0.862. The van der Waals surface area contributed by atoms with Crippen LogP contribution in [0.25, 0.3) is 0 Å². The summed E-state index contributed by atoms with van der Waals surface area (Å²) in [6, 6.07) is 0. The van der Waals surface area contributed by atoms with Gasteiger partial charge >= 0.3 is 0 Å². The Morgan fingerprint density at radius 3 is 1.41 bits per heavy atom. The summed E-state index contributed by atoms with van der Waals surface area (Å²) in [5.74, 6) is 7.57. The van der Waals surface area contributed by atoms with Gasteiger partial charge in [-0.2, -0.15) is 0 Å². The second-order valence-corrected chi connectivity index (χ2v) is 9.10. The van der Waals surface area contributed by atoms with Gasteiger partial charge in [0, 0.05) is 12.8 Å². The molecule has 0 aromatic carbocycles. The summed E-state index contributed by atoms with van der Waals surface area (Å²) in [6.45, 7) is 10.2. The zero-order valence-corrected chi connectivity index (χ0v) is 20.3. The molecule has 0 rings (SSSR count). The van der Waals surface area contributed by atoms with Crippen LogP contribution in [0.3, 0.4) is 0 Å². The van der Waals surface area contributed by atoms with Gasteiger partial charge in [-0.3, -0.25) is 0 Å². The fourth-order valence-electron chi connectivity index (χ4n) is 4.16. The molecule has 0 bridgehead atoms. The lowest BCUT2D eigenvalue weighted by atomic mass is 9.90. The fourth-order valence-corrected chi connectivity index (χ4v) is 4.16. The van der Waals surface area contributed by atoms with Gasteiger partial charge in [0.15, 0.2) is 0 Å². The summed E-state index contributed by atoms with van der Waals surface area (Å²) >= 11 is 0. The molecule has 0 amide bonds. The monoisotopic (exact) mass is 402 g/mol. The predicted octanol–water partition coefficient (Wildman–Crippen LogP) is 10.3. The molecule has 29 heavy (non-hydrogen) atoms. The van der Waals surface area contributed by atoms with E-state index in [2.05, 4.69) is 32.6 Å². The zero-order chi connectivity index (χ0) is 21.3. The molecule has 0 N–H and O–H groups in total. The highest BCUT2D eigenvalue weighted by Crippen LogP contribution is 2.23. The van der Waals surface area contributed by atoms with Gasteiger partial charge in [0.2, 0.25) is 0 Å². The predicted molar refractivity (Wildman–Crippen MR) is 134 cm³/mol. The van der Waals surface area contributed by atoms with Crippen molar-refractivity contribution in [1.82, 2.24) is 0 Å². The standard InChI is InChI=1S/C29H54/c1-4-7-10-11-12-13-14-15-16-17-18-19-20-21-22-23-25-28-29(26-9-6-3)27-24-8-5-2/h29H,1-2,4-10,13-28H2,3H3. The maximum atomic E-state index is 3.99. The van der Waals surface area contributed by atoms with E-state index >= 15 is 0 Å². The Labute approximate surface area is 186 Å². The normalized spacial score (nSPS) is 12.0. The van der Waals surface area contributed by atoms with E-state index in [1.54, 1.807) is 0 Å². The SMILES string of the molecule is [CH2]CCCC#CCCCCCCCCCCCCCC(CCCC)CCCC[CH2]. The Hall–Kier alpha value is -0.440. The first-order chi connectivity index (χ1) is 14.3. The second-order valence-electron chi connectivity index (χ2n) is 9.10. The van der Waals surface area contributed by atoms with Crippen LogP contribution < -0.4 is 0 Å². The van der Waals surface area contributed by atoms with Crippen molar-refractivity contribution in [3.8, 4) is 11.8 Å². The Morgan fingerprint density at radius 1 is 0.483 bits per heavy atom. The lowest BCUT2D eigenvalue weighted by Gasteiger charge is -2.16. The van der Waals surface area contributed by atoms with Crippen LogP contribution in [0.4, 0.5) is 0 Å². The first-order valence-corrected chi connectivity index (χ1v) is 13.4. The molecule has 0 nitrogen and oxygen atoms in total. The van der Waals surface area contributed by atoms with Crippen molar-refractivity contribution in [2.45, 2.75) is 155 Å². The third-order valence-electron chi connectivity index (χ3n) is 6.17. The topological polar surface area (TPSA) is 0 Å². The van der Waals surface area contributed by atoms with Gasteiger partial charge in [0.25, 0.3) is 0 Å². The third kappa shape index (κ3) is 23.7. The molecule has 0 saturated heterocycles. The quantitative estimate of drug-likeness (QED) is 0.125. The summed E-state index contributed by atoms with van der Waals surface area (Å²) in [7, 11) is 0. The van der Waals surface area contributed by atoms with E-state index in [0.717, 1.165) is 38.0 Å². The molecule has 0 saturated carbocycles. The molecule has 170 valence electrons. The molecule has 0 aliphatic carbocycles. The molecule has 2 radical (unpaired) electrons. The highest BCUT2D eigenvalue weighted by Gasteiger charge is 2.07. The molecule has 0 aliphatic heterocycles. The summed E-state index contributed by atoms with van der Waals surface area (Å²) in [6.07, 6.45) is 31.1. The van der Waals surface area contributed by atoms with Crippen LogP contribution in [0.5, 0.6) is 0 Å². The van der Waals surface area contributed by atoms with Crippen molar-refractivity contribution in [2.24, 2.45) is 5.92 Å². The van der Waals surface area contributed by atoms with Crippen LogP contribution in [-0.4, -0.2) is 0 Å². The molecular formula is C29H54. The van der Waals surface area contributed by atoms with E-state index in [4.69, 9.17) is 0 Å². The lowest BCUT2D eigenvalue weighted by Crippen LogP contribution is -2.01. The molecule has 0 heterocycles. The lowest BCUT2D eigenvalue weighted by molar-refractivity contribution is 0.374. The minimum atomic E-state index is 1.00. The van der Waals surface area contributed by atoms with E-state index in [1.165, 1.54) is 116 Å². The Balaban J connectivity index is 3.35. The Bertz CT molecular complexity index is 345. The first-order valence-electron chi connectivity index (χ1n) is 13.4. The average Bonchev–Trinajstić information content (AvgIpc) is 2.73. The molecule has 0 heteroatoms. The summed E-state index contributed by atoms with van der Waals surface area (Å²) in [5, 5.41) is 0. The van der Waals surface area contributed by atoms with Gasteiger partial charge in [-0.05, 0) is 18.8 Å². The molecule has 0 aromatic heterocycles. The maximum Gasteiger partial charge on any atom is 0.00886 e. The third-order valence-corrected chi connectivity index (χ3v) is 6.17. The molecular weight excluding hydrogens is 348 g/mol.